The Morgan fingerprint density at radius 2 is 2.31 bits per heavy atom. The van der Waals surface area contributed by atoms with E-state index in [-0.39, 0.29) is 0 Å². The van der Waals surface area contributed by atoms with Crippen LogP contribution in [0.4, 0.5) is 5.69 Å². The molecule has 2 N–H and O–H groups in total. The lowest BCUT2D eigenvalue weighted by atomic mass is 10.2. The molecule has 0 bridgehead atoms. The predicted molar refractivity (Wildman–Crippen MR) is 67.1 cm³/mol. The molecule has 0 radical (unpaired) electrons. The molecule has 1 heterocycles. The zero-order valence-electron chi connectivity index (χ0n) is 9.83. The smallest absolute Gasteiger partial charge is 0.142 e. The maximum absolute atomic E-state index is 5.57. The average molecular weight is 220 g/mol. The molecule has 0 aromatic heterocycles. The normalized spacial score (nSPS) is 19.7. The lowest BCUT2D eigenvalue weighted by Crippen LogP contribution is -2.29. The van der Waals surface area contributed by atoms with Crippen LogP contribution in [0.15, 0.2) is 24.3 Å². The molecule has 88 valence electrons. The minimum Gasteiger partial charge on any atom is -0.492 e. The molecule has 1 atom stereocenters. The molecule has 1 aromatic rings. The van der Waals surface area contributed by atoms with Crippen LogP contribution >= 0.6 is 0 Å². The molecule has 0 amide bonds. The number of anilines is 1. The molecule has 2 rings (SSSR count). The minimum absolute atomic E-state index is 0.606. The maximum atomic E-state index is 5.57. The van der Waals surface area contributed by atoms with Crippen molar-refractivity contribution in [3.63, 3.8) is 0 Å². The predicted octanol–water partition coefficient (Wildman–Crippen LogP) is 2.25. The van der Waals surface area contributed by atoms with Crippen LogP contribution in [0.5, 0.6) is 5.75 Å². The van der Waals surface area contributed by atoms with Crippen LogP contribution in [0.25, 0.3) is 0 Å². The first-order valence-corrected chi connectivity index (χ1v) is 6.09. The molecule has 0 aliphatic carbocycles. The lowest BCUT2D eigenvalue weighted by Gasteiger charge is -2.15. The van der Waals surface area contributed by atoms with Crippen LogP contribution in [-0.2, 0) is 0 Å². The highest BCUT2D eigenvalue weighted by Crippen LogP contribution is 2.23. The number of para-hydroxylation sites is 2. The summed E-state index contributed by atoms with van der Waals surface area (Å²) in [4.78, 5) is 0. The fourth-order valence-corrected chi connectivity index (χ4v) is 2.06. The molecule has 0 unspecified atom stereocenters. The highest BCUT2D eigenvalue weighted by molar-refractivity contribution is 5.56. The first-order chi connectivity index (χ1) is 7.90. The summed E-state index contributed by atoms with van der Waals surface area (Å²) < 4.78 is 5.57. The van der Waals surface area contributed by atoms with Gasteiger partial charge in [0.2, 0.25) is 0 Å². The third-order valence-corrected chi connectivity index (χ3v) is 2.89. The van der Waals surface area contributed by atoms with E-state index in [1.165, 1.54) is 12.8 Å². The number of hydrogen-bond acceptors (Lipinski definition) is 3. The fourth-order valence-electron chi connectivity index (χ4n) is 2.06. The van der Waals surface area contributed by atoms with E-state index in [0.29, 0.717) is 12.6 Å². The van der Waals surface area contributed by atoms with Crippen molar-refractivity contribution in [1.29, 1.82) is 0 Å². The van der Waals surface area contributed by atoms with E-state index < -0.39 is 0 Å². The van der Waals surface area contributed by atoms with E-state index in [2.05, 4.69) is 16.7 Å². The Bertz CT molecular complexity index is 321. The molecular formula is C13H20N2O. The Hall–Kier alpha value is -1.22. The van der Waals surface area contributed by atoms with Gasteiger partial charge in [-0.1, -0.05) is 12.1 Å². The standard InChI is InChI=1S/C13H20N2O/c1-2-16-13-8-4-3-7-12(13)15-10-11-6-5-9-14-11/h3-4,7-8,11,14-15H,2,5-6,9-10H2,1H3/t11-/m0/s1. The molecule has 0 saturated carbocycles. The summed E-state index contributed by atoms with van der Waals surface area (Å²) in [5, 5.41) is 6.93. The summed E-state index contributed by atoms with van der Waals surface area (Å²) >= 11 is 0. The second kappa shape index (κ2) is 5.75. The summed E-state index contributed by atoms with van der Waals surface area (Å²) in [5.74, 6) is 0.947. The van der Waals surface area contributed by atoms with Gasteiger partial charge in [-0.25, -0.2) is 0 Å². The number of ether oxygens (including phenoxy) is 1. The van der Waals surface area contributed by atoms with Crippen molar-refractivity contribution in [2.24, 2.45) is 0 Å². The van der Waals surface area contributed by atoms with Crippen LogP contribution in [0.1, 0.15) is 19.8 Å². The quantitative estimate of drug-likeness (QED) is 0.798. The molecule has 1 fully saturated rings. The van der Waals surface area contributed by atoms with Gasteiger partial charge in [-0.15, -0.1) is 0 Å². The lowest BCUT2D eigenvalue weighted by molar-refractivity contribution is 0.341. The van der Waals surface area contributed by atoms with Gasteiger partial charge in [-0.05, 0) is 38.4 Å². The molecule has 1 aliphatic rings. The molecular weight excluding hydrogens is 200 g/mol. The van der Waals surface area contributed by atoms with Crippen molar-refractivity contribution in [3.05, 3.63) is 24.3 Å². The van der Waals surface area contributed by atoms with Gasteiger partial charge in [0.1, 0.15) is 5.75 Å². The maximum Gasteiger partial charge on any atom is 0.142 e. The summed E-state index contributed by atoms with van der Waals surface area (Å²) in [6, 6.07) is 8.72. The van der Waals surface area contributed by atoms with Gasteiger partial charge in [0, 0.05) is 12.6 Å². The highest BCUT2D eigenvalue weighted by Gasteiger charge is 2.13. The zero-order chi connectivity index (χ0) is 11.2. The zero-order valence-corrected chi connectivity index (χ0v) is 9.83. The van der Waals surface area contributed by atoms with E-state index in [0.717, 1.165) is 24.5 Å². The summed E-state index contributed by atoms with van der Waals surface area (Å²) in [6.45, 7) is 4.85. The summed E-state index contributed by atoms with van der Waals surface area (Å²) in [6.07, 6.45) is 2.56. The Morgan fingerprint density at radius 1 is 1.44 bits per heavy atom. The SMILES string of the molecule is CCOc1ccccc1NC[C@@H]1CCCN1. The summed E-state index contributed by atoms with van der Waals surface area (Å²) in [7, 11) is 0. The molecule has 0 spiro atoms. The van der Waals surface area contributed by atoms with Gasteiger partial charge < -0.3 is 15.4 Å². The Morgan fingerprint density at radius 3 is 3.06 bits per heavy atom. The van der Waals surface area contributed by atoms with Crippen LogP contribution < -0.4 is 15.4 Å². The Balaban J connectivity index is 1.91. The van der Waals surface area contributed by atoms with E-state index in [1.54, 1.807) is 0 Å². The monoisotopic (exact) mass is 220 g/mol. The molecule has 3 nitrogen and oxygen atoms in total. The van der Waals surface area contributed by atoms with Crippen molar-refractivity contribution in [2.45, 2.75) is 25.8 Å². The van der Waals surface area contributed by atoms with Gasteiger partial charge in [-0.3, -0.25) is 0 Å². The van der Waals surface area contributed by atoms with Crippen LogP contribution in [0.3, 0.4) is 0 Å². The van der Waals surface area contributed by atoms with Crippen LogP contribution in [0, 0.1) is 0 Å². The van der Waals surface area contributed by atoms with Gasteiger partial charge in [0.25, 0.3) is 0 Å². The summed E-state index contributed by atoms with van der Waals surface area (Å²) in [5.41, 5.74) is 1.10. The van der Waals surface area contributed by atoms with E-state index >= 15 is 0 Å². The van der Waals surface area contributed by atoms with Gasteiger partial charge in [0.15, 0.2) is 0 Å². The van der Waals surface area contributed by atoms with Crippen molar-refractivity contribution in [1.82, 2.24) is 5.32 Å². The van der Waals surface area contributed by atoms with Crippen LogP contribution in [-0.4, -0.2) is 25.7 Å². The minimum atomic E-state index is 0.606. The van der Waals surface area contributed by atoms with Crippen molar-refractivity contribution < 1.29 is 4.74 Å². The average Bonchev–Trinajstić information content (AvgIpc) is 2.81. The topological polar surface area (TPSA) is 33.3 Å². The van der Waals surface area contributed by atoms with Gasteiger partial charge in [0.05, 0.1) is 12.3 Å². The van der Waals surface area contributed by atoms with E-state index in [4.69, 9.17) is 4.74 Å². The third-order valence-electron chi connectivity index (χ3n) is 2.89. The van der Waals surface area contributed by atoms with Gasteiger partial charge >= 0.3 is 0 Å². The third kappa shape index (κ3) is 2.89. The van der Waals surface area contributed by atoms with Crippen LogP contribution in [0.2, 0.25) is 0 Å². The van der Waals surface area contributed by atoms with Crippen molar-refractivity contribution >= 4 is 5.69 Å². The van der Waals surface area contributed by atoms with E-state index in [9.17, 15) is 0 Å². The number of benzene rings is 1. The van der Waals surface area contributed by atoms with Crippen molar-refractivity contribution in [3.8, 4) is 5.75 Å². The molecule has 1 aliphatic heterocycles. The first-order valence-electron chi connectivity index (χ1n) is 6.09. The Kier molecular flexibility index (Phi) is 4.05. The molecule has 1 aromatic carbocycles. The number of nitrogens with one attached hydrogen (secondary N) is 2. The second-order valence-electron chi connectivity index (χ2n) is 4.10. The van der Waals surface area contributed by atoms with Crippen molar-refractivity contribution in [2.75, 3.05) is 25.0 Å². The van der Waals surface area contributed by atoms with Gasteiger partial charge in [-0.2, -0.15) is 0 Å². The van der Waals surface area contributed by atoms with E-state index in [1.807, 2.05) is 25.1 Å². The fraction of sp³-hybridized carbons (Fsp3) is 0.538. The number of rotatable bonds is 5. The number of hydrogen-bond donors (Lipinski definition) is 2. The first kappa shape index (κ1) is 11.3. The second-order valence-corrected chi connectivity index (χ2v) is 4.10. The molecule has 1 saturated heterocycles. The highest BCUT2D eigenvalue weighted by atomic mass is 16.5. The molecule has 3 heteroatoms. The molecule has 16 heavy (non-hydrogen) atoms. The Labute approximate surface area is 97.2 Å². The largest absolute Gasteiger partial charge is 0.492 e.